The molecule has 0 heterocycles. The van der Waals surface area contributed by atoms with Crippen molar-refractivity contribution >= 4 is 5.57 Å². The van der Waals surface area contributed by atoms with Crippen molar-refractivity contribution in [2.24, 2.45) is 0 Å². The molecule has 0 fully saturated rings. The maximum absolute atomic E-state index is 3.94. The molecule has 0 amide bonds. The van der Waals surface area contributed by atoms with Crippen molar-refractivity contribution in [3.8, 4) is 0 Å². The van der Waals surface area contributed by atoms with Gasteiger partial charge in [0.25, 0.3) is 0 Å². The third kappa shape index (κ3) is 3.90. The Morgan fingerprint density at radius 2 is 1.56 bits per heavy atom. The van der Waals surface area contributed by atoms with E-state index in [1.807, 2.05) is 6.92 Å². The van der Waals surface area contributed by atoms with E-state index >= 15 is 0 Å². The molecule has 0 aliphatic heterocycles. The van der Waals surface area contributed by atoms with E-state index in [0.29, 0.717) is 0 Å². The van der Waals surface area contributed by atoms with Crippen LogP contribution in [0.4, 0.5) is 0 Å². The Bertz CT molecular complexity index is 424. The van der Waals surface area contributed by atoms with Gasteiger partial charge in [0.2, 0.25) is 0 Å². The molecular formula is C16H20. The van der Waals surface area contributed by atoms with Crippen molar-refractivity contribution in [1.29, 1.82) is 0 Å². The Balaban J connectivity index is 3.16. The van der Waals surface area contributed by atoms with Crippen LogP contribution < -0.4 is 0 Å². The molecule has 1 aromatic carbocycles. The molecule has 0 radical (unpaired) electrons. The first kappa shape index (κ1) is 12.5. The summed E-state index contributed by atoms with van der Waals surface area (Å²) in [6, 6.07) is 8.59. The van der Waals surface area contributed by atoms with Gasteiger partial charge in [-0.2, -0.15) is 0 Å². The van der Waals surface area contributed by atoms with Gasteiger partial charge in [0.05, 0.1) is 0 Å². The normalized spacial score (nSPS) is 11.1. The third-order valence-electron chi connectivity index (χ3n) is 2.23. The molecule has 0 unspecified atom stereocenters. The van der Waals surface area contributed by atoms with Crippen LogP contribution in [-0.4, -0.2) is 0 Å². The van der Waals surface area contributed by atoms with Crippen LogP contribution in [-0.2, 0) is 0 Å². The van der Waals surface area contributed by atoms with E-state index in [1.54, 1.807) is 0 Å². The Labute approximate surface area is 99.0 Å². The summed E-state index contributed by atoms with van der Waals surface area (Å²) >= 11 is 0. The molecule has 0 saturated carbocycles. The highest BCUT2D eigenvalue weighted by Crippen LogP contribution is 2.19. The van der Waals surface area contributed by atoms with Crippen LogP contribution in [0, 0.1) is 6.92 Å². The van der Waals surface area contributed by atoms with Gasteiger partial charge in [0, 0.05) is 0 Å². The zero-order chi connectivity index (χ0) is 12.1. The van der Waals surface area contributed by atoms with E-state index in [1.165, 1.54) is 22.3 Å². The van der Waals surface area contributed by atoms with Crippen molar-refractivity contribution in [1.82, 2.24) is 0 Å². The highest BCUT2D eigenvalue weighted by molar-refractivity contribution is 5.76. The highest BCUT2D eigenvalue weighted by atomic mass is 14.0. The number of hydrogen-bond acceptors (Lipinski definition) is 0. The molecule has 0 nitrogen and oxygen atoms in total. The molecule has 1 aromatic rings. The molecule has 0 N–H and O–H groups in total. The number of rotatable bonds is 3. The van der Waals surface area contributed by atoms with Crippen molar-refractivity contribution in [3.63, 3.8) is 0 Å². The molecule has 84 valence electrons. The minimum Gasteiger partial charge on any atom is -0.0961 e. The number of benzene rings is 1. The summed E-state index contributed by atoms with van der Waals surface area (Å²) in [7, 11) is 0. The molecule has 0 heteroatoms. The Hall–Kier alpha value is -1.56. The van der Waals surface area contributed by atoms with Crippen molar-refractivity contribution < 1.29 is 0 Å². The van der Waals surface area contributed by atoms with Crippen molar-refractivity contribution in [2.45, 2.75) is 27.7 Å². The maximum atomic E-state index is 3.94. The van der Waals surface area contributed by atoms with E-state index in [-0.39, 0.29) is 0 Å². The molecule has 0 atom stereocenters. The highest BCUT2D eigenvalue weighted by Gasteiger charge is 1.98. The smallest absolute Gasteiger partial charge is 0.0182 e. The van der Waals surface area contributed by atoms with Gasteiger partial charge in [0.1, 0.15) is 0 Å². The second kappa shape index (κ2) is 5.50. The first-order chi connectivity index (χ1) is 7.49. The standard InChI is InChI=1S/C16H20/c1-12(2)10-16(11-13(3)4)15-8-6-14(5)7-9-15/h6-11H,1H2,2-5H3/b16-10+. The number of aryl methyl sites for hydroxylation is 1. The Morgan fingerprint density at radius 1 is 1.00 bits per heavy atom. The van der Waals surface area contributed by atoms with E-state index < -0.39 is 0 Å². The van der Waals surface area contributed by atoms with E-state index in [4.69, 9.17) is 0 Å². The van der Waals surface area contributed by atoms with Gasteiger partial charge in [-0.3, -0.25) is 0 Å². The lowest BCUT2D eigenvalue weighted by Crippen LogP contribution is -1.83. The topological polar surface area (TPSA) is 0 Å². The van der Waals surface area contributed by atoms with Crippen LogP contribution >= 0.6 is 0 Å². The molecule has 0 spiro atoms. The van der Waals surface area contributed by atoms with Gasteiger partial charge in [-0.15, -0.1) is 0 Å². The lowest BCUT2D eigenvalue weighted by Gasteiger charge is -2.05. The zero-order valence-electron chi connectivity index (χ0n) is 10.7. The molecule has 1 rings (SSSR count). The predicted octanol–water partition coefficient (Wildman–Crippen LogP) is 4.92. The van der Waals surface area contributed by atoms with Crippen molar-refractivity contribution in [3.05, 3.63) is 65.3 Å². The fourth-order valence-electron chi connectivity index (χ4n) is 1.53. The van der Waals surface area contributed by atoms with E-state index in [9.17, 15) is 0 Å². The quantitative estimate of drug-likeness (QED) is 0.624. The summed E-state index contributed by atoms with van der Waals surface area (Å²) < 4.78 is 0. The lowest BCUT2D eigenvalue weighted by molar-refractivity contribution is 1.38. The molecule has 16 heavy (non-hydrogen) atoms. The fraction of sp³-hybridized carbons (Fsp3) is 0.250. The minimum atomic E-state index is 1.08. The number of allylic oxidation sites excluding steroid dienone is 5. The third-order valence-corrected chi connectivity index (χ3v) is 2.23. The lowest BCUT2D eigenvalue weighted by atomic mass is 10.0. The largest absolute Gasteiger partial charge is 0.0961 e. The van der Waals surface area contributed by atoms with Gasteiger partial charge in [-0.25, -0.2) is 0 Å². The molecule has 0 aliphatic rings. The van der Waals surface area contributed by atoms with Crippen LogP contribution in [0.5, 0.6) is 0 Å². The van der Waals surface area contributed by atoms with Crippen LogP contribution in [0.15, 0.2) is 54.1 Å². The summed E-state index contributed by atoms with van der Waals surface area (Å²) in [6.07, 6.45) is 4.32. The second-order valence-electron chi connectivity index (χ2n) is 4.53. The first-order valence-corrected chi connectivity index (χ1v) is 5.58. The van der Waals surface area contributed by atoms with Crippen molar-refractivity contribution in [2.75, 3.05) is 0 Å². The average Bonchev–Trinajstić information content (AvgIpc) is 2.16. The van der Waals surface area contributed by atoms with Crippen LogP contribution in [0.2, 0.25) is 0 Å². The van der Waals surface area contributed by atoms with Gasteiger partial charge in [0.15, 0.2) is 0 Å². The van der Waals surface area contributed by atoms with E-state index in [0.717, 1.165) is 5.57 Å². The molecule has 0 aromatic heterocycles. The molecular weight excluding hydrogens is 192 g/mol. The monoisotopic (exact) mass is 212 g/mol. The van der Waals surface area contributed by atoms with Gasteiger partial charge < -0.3 is 0 Å². The summed E-state index contributed by atoms with van der Waals surface area (Å²) in [5.74, 6) is 0. The summed E-state index contributed by atoms with van der Waals surface area (Å²) in [6.45, 7) is 12.3. The number of hydrogen-bond donors (Lipinski definition) is 0. The predicted molar refractivity (Wildman–Crippen MR) is 73.4 cm³/mol. The zero-order valence-corrected chi connectivity index (χ0v) is 10.7. The summed E-state index contributed by atoms with van der Waals surface area (Å²) in [4.78, 5) is 0. The maximum Gasteiger partial charge on any atom is -0.0182 e. The van der Waals surface area contributed by atoms with Crippen LogP contribution in [0.25, 0.3) is 5.57 Å². The van der Waals surface area contributed by atoms with Gasteiger partial charge in [-0.05, 0) is 38.8 Å². The average molecular weight is 212 g/mol. The minimum absolute atomic E-state index is 1.08. The molecule has 0 aliphatic carbocycles. The first-order valence-electron chi connectivity index (χ1n) is 5.58. The fourth-order valence-corrected chi connectivity index (χ4v) is 1.53. The second-order valence-corrected chi connectivity index (χ2v) is 4.53. The van der Waals surface area contributed by atoms with E-state index in [2.05, 4.69) is 63.8 Å². The van der Waals surface area contributed by atoms with Crippen LogP contribution in [0.3, 0.4) is 0 Å². The molecule has 0 saturated heterocycles. The Morgan fingerprint density at radius 3 is 2.00 bits per heavy atom. The van der Waals surface area contributed by atoms with Gasteiger partial charge in [-0.1, -0.05) is 59.7 Å². The molecule has 0 bridgehead atoms. The van der Waals surface area contributed by atoms with Gasteiger partial charge >= 0.3 is 0 Å². The van der Waals surface area contributed by atoms with Crippen LogP contribution in [0.1, 0.15) is 31.9 Å². The Kier molecular flexibility index (Phi) is 4.30. The SMILES string of the molecule is C=C(C)/C=C(\C=C(C)C)c1ccc(C)cc1. The summed E-state index contributed by atoms with van der Waals surface area (Å²) in [5, 5.41) is 0. The summed E-state index contributed by atoms with van der Waals surface area (Å²) in [5.41, 5.74) is 6.14.